The Kier molecular flexibility index (Phi) is 8.19. The van der Waals surface area contributed by atoms with Gasteiger partial charge in [-0.05, 0) is 41.5 Å². The molecule has 8 heteroatoms. The maximum absolute atomic E-state index is 12.3. The van der Waals surface area contributed by atoms with E-state index in [1.807, 2.05) is 0 Å². The van der Waals surface area contributed by atoms with Crippen molar-refractivity contribution in [2.24, 2.45) is 0 Å². The van der Waals surface area contributed by atoms with Gasteiger partial charge in [-0.1, -0.05) is 0 Å². The molecular weight excluding hydrogens is 306 g/mol. The van der Waals surface area contributed by atoms with Gasteiger partial charge >= 0.3 is 12.1 Å². The molecule has 0 bridgehead atoms. The molecule has 0 saturated heterocycles. The van der Waals surface area contributed by atoms with Crippen LogP contribution >= 0.6 is 0 Å². The second-order valence-corrected chi connectivity index (χ2v) is 6.83. The standard InChI is InChI=1S/C15H27NO7/c1-14(2,3)22-12(18)11(10(8-17)21-9-20-7)16-13(19)23-15(4,5)6/h8,10-11H,9H2,1-7H3,(H,16,19)/t10-,11-/m0/s1. The first kappa shape index (κ1) is 21.3. The highest BCUT2D eigenvalue weighted by molar-refractivity contribution is 5.85. The lowest BCUT2D eigenvalue weighted by Crippen LogP contribution is -2.53. The molecule has 0 aliphatic heterocycles. The van der Waals surface area contributed by atoms with E-state index in [2.05, 4.69) is 5.32 Å². The van der Waals surface area contributed by atoms with Gasteiger partial charge in [-0.15, -0.1) is 0 Å². The maximum Gasteiger partial charge on any atom is 0.408 e. The second-order valence-electron chi connectivity index (χ2n) is 6.83. The fraction of sp³-hybridized carbons (Fsp3) is 0.800. The number of methoxy groups -OCH3 is 1. The van der Waals surface area contributed by atoms with Crippen LogP contribution in [0.3, 0.4) is 0 Å². The molecule has 0 aliphatic rings. The van der Waals surface area contributed by atoms with E-state index in [0.29, 0.717) is 6.29 Å². The van der Waals surface area contributed by atoms with E-state index in [4.69, 9.17) is 18.9 Å². The Morgan fingerprint density at radius 1 is 1.04 bits per heavy atom. The monoisotopic (exact) mass is 333 g/mol. The molecule has 23 heavy (non-hydrogen) atoms. The zero-order valence-corrected chi connectivity index (χ0v) is 14.8. The van der Waals surface area contributed by atoms with E-state index in [-0.39, 0.29) is 6.79 Å². The van der Waals surface area contributed by atoms with Crippen LogP contribution in [0.4, 0.5) is 4.79 Å². The van der Waals surface area contributed by atoms with Crippen molar-refractivity contribution in [3.8, 4) is 0 Å². The molecule has 0 radical (unpaired) electrons. The number of aldehydes is 1. The molecule has 0 heterocycles. The summed E-state index contributed by atoms with van der Waals surface area (Å²) in [6.07, 6.45) is -1.73. The lowest BCUT2D eigenvalue weighted by Gasteiger charge is -2.28. The molecule has 0 unspecified atom stereocenters. The van der Waals surface area contributed by atoms with Gasteiger partial charge < -0.3 is 29.1 Å². The summed E-state index contributed by atoms with van der Waals surface area (Å²) < 4.78 is 20.1. The van der Waals surface area contributed by atoms with Crippen molar-refractivity contribution >= 4 is 18.3 Å². The molecule has 0 fully saturated rings. The molecule has 0 rings (SSSR count). The number of hydrogen-bond donors (Lipinski definition) is 1. The fourth-order valence-electron chi connectivity index (χ4n) is 1.44. The second kappa shape index (κ2) is 8.83. The van der Waals surface area contributed by atoms with Gasteiger partial charge in [0, 0.05) is 7.11 Å². The Hall–Kier alpha value is -1.67. The van der Waals surface area contributed by atoms with Crippen LogP contribution in [0.15, 0.2) is 0 Å². The number of hydrogen-bond acceptors (Lipinski definition) is 7. The molecule has 0 spiro atoms. The van der Waals surface area contributed by atoms with Crippen molar-refractivity contribution < 1.29 is 33.3 Å². The zero-order chi connectivity index (χ0) is 18.3. The summed E-state index contributed by atoms with van der Waals surface area (Å²) in [6, 6.07) is -1.35. The van der Waals surface area contributed by atoms with Gasteiger partial charge in [0.05, 0.1) is 0 Å². The van der Waals surface area contributed by atoms with E-state index >= 15 is 0 Å². The molecule has 0 saturated carbocycles. The Morgan fingerprint density at radius 2 is 1.57 bits per heavy atom. The van der Waals surface area contributed by atoms with Crippen molar-refractivity contribution in [2.45, 2.75) is 64.9 Å². The summed E-state index contributed by atoms with van der Waals surface area (Å²) in [4.78, 5) is 35.3. The van der Waals surface area contributed by atoms with Crippen LogP contribution in [0, 0.1) is 0 Å². The number of rotatable bonds is 7. The highest BCUT2D eigenvalue weighted by atomic mass is 16.7. The lowest BCUT2D eigenvalue weighted by atomic mass is 10.1. The largest absolute Gasteiger partial charge is 0.458 e. The summed E-state index contributed by atoms with van der Waals surface area (Å²) in [6.45, 7) is 9.80. The summed E-state index contributed by atoms with van der Waals surface area (Å²) in [5, 5.41) is 2.31. The number of esters is 1. The van der Waals surface area contributed by atoms with Gasteiger partial charge in [0.25, 0.3) is 0 Å². The van der Waals surface area contributed by atoms with Crippen LogP contribution in [-0.2, 0) is 28.5 Å². The van der Waals surface area contributed by atoms with Crippen molar-refractivity contribution in [1.82, 2.24) is 5.32 Å². The Bertz CT molecular complexity index is 409. The lowest BCUT2D eigenvalue weighted by molar-refractivity contribution is -0.166. The SMILES string of the molecule is COCO[C@@H](C=O)[C@H](NC(=O)OC(C)(C)C)C(=O)OC(C)(C)C. The Morgan fingerprint density at radius 3 is 1.96 bits per heavy atom. The van der Waals surface area contributed by atoms with E-state index < -0.39 is 35.4 Å². The third-order valence-electron chi connectivity index (χ3n) is 2.17. The molecule has 2 atom stereocenters. The van der Waals surface area contributed by atoms with E-state index in [1.165, 1.54) is 7.11 Å². The minimum Gasteiger partial charge on any atom is -0.458 e. The quantitative estimate of drug-likeness (QED) is 0.427. The van der Waals surface area contributed by atoms with Crippen LogP contribution in [0.5, 0.6) is 0 Å². The first-order chi connectivity index (χ1) is 10.4. The topological polar surface area (TPSA) is 100 Å². The smallest absolute Gasteiger partial charge is 0.408 e. The van der Waals surface area contributed by atoms with Crippen molar-refractivity contribution in [3.63, 3.8) is 0 Å². The van der Waals surface area contributed by atoms with E-state index in [1.54, 1.807) is 41.5 Å². The van der Waals surface area contributed by atoms with Gasteiger partial charge in [0.2, 0.25) is 0 Å². The first-order valence-corrected chi connectivity index (χ1v) is 7.18. The molecule has 0 aliphatic carbocycles. The number of carbonyl (C=O) groups excluding carboxylic acids is 3. The van der Waals surface area contributed by atoms with Gasteiger partial charge in [0.15, 0.2) is 12.3 Å². The number of nitrogens with one attached hydrogen (secondary N) is 1. The normalized spacial score (nSPS) is 14.6. The van der Waals surface area contributed by atoms with Gasteiger partial charge in [0.1, 0.15) is 24.1 Å². The van der Waals surface area contributed by atoms with Crippen LogP contribution in [0.2, 0.25) is 0 Å². The van der Waals surface area contributed by atoms with E-state index in [9.17, 15) is 14.4 Å². The fourth-order valence-corrected chi connectivity index (χ4v) is 1.44. The minimum atomic E-state index is -1.35. The molecular formula is C15H27NO7. The average Bonchev–Trinajstić information content (AvgIpc) is 2.33. The summed E-state index contributed by atoms with van der Waals surface area (Å²) >= 11 is 0. The summed E-state index contributed by atoms with van der Waals surface area (Å²) in [5.41, 5.74) is -1.55. The average molecular weight is 333 g/mol. The highest BCUT2D eigenvalue weighted by Crippen LogP contribution is 2.12. The molecule has 0 aromatic rings. The number of ether oxygens (including phenoxy) is 4. The predicted molar refractivity (Wildman–Crippen MR) is 81.8 cm³/mol. The van der Waals surface area contributed by atoms with Crippen LogP contribution in [0.25, 0.3) is 0 Å². The van der Waals surface area contributed by atoms with Gasteiger partial charge in [-0.25, -0.2) is 9.59 Å². The molecule has 1 N–H and O–H groups in total. The van der Waals surface area contributed by atoms with E-state index in [0.717, 1.165) is 0 Å². The number of carbonyl (C=O) groups is 3. The third-order valence-corrected chi connectivity index (χ3v) is 2.17. The Balaban J connectivity index is 5.15. The Labute approximate surface area is 136 Å². The maximum atomic E-state index is 12.3. The molecule has 8 nitrogen and oxygen atoms in total. The van der Waals surface area contributed by atoms with Crippen molar-refractivity contribution in [3.05, 3.63) is 0 Å². The van der Waals surface area contributed by atoms with Gasteiger partial charge in [-0.3, -0.25) is 0 Å². The summed E-state index contributed by atoms with van der Waals surface area (Å²) in [7, 11) is 1.37. The minimum absolute atomic E-state index is 0.224. The van der Waals surface area contributed by atoms with Crippen molar-refractivity contribution in [2.75, 3.05) is 13.9 Å². The zero-order valence-electron chi connectivity index (χ0n) is 14.8. The highest BCUT2D eigenvalue weighted by Gasteiger charge is 2.35. The number of amides is 1. The van der Waals surface area contributed by atoms with Crippen LogP contribution < -0.4 is 5.32 Å². The molecule has 1 amide bonds. The predicted octanol–water partition coefficient (Wildman–Crippen LogP) is 1.41. The van der Waals surface area contributed by atoms with Crippen LogP contribution in [-0.4, -0.2) is 55.6 Å². The molecule has 0 aromatic heterocycles. The number of alkyl carbamates (subject to hydrolysis) is 1. The van der Waals surface area contributed by atoms with Crippen LogP contribution in [0.1, 0.15) is 41.5 Å². The summed E-state index contributed by atoms with van der Waals surface area (Å²) in [5.74, 6) is -0.809. The molecule has 0 aromatic carbocycles. The van der Waals surface area contributed by atoms with Gasteiger partial charge in [-0.2, -0.15) is 0 Å². The third kappa shape index (κ3) is 9.85. The first-order valence-electron chi connectivity index (χ1n) is 7.18. The van der Waals surface area contributed by atoms with Crippen molar-refractivity contribution in [1.29, 1.82) is 0 Å². The molecule has 134 valence electrons.